The summed E-state index contributed by atoms with van der Waals surface area (Å²) in [5, 5.41) is 2.58. The average molecular weight is 329 g/mol. The van der Waals surface area contributed by atoms with E-state index in [0.29, 0.717) is 11.4 Å². The molecule has 0 saturated heterocycles. The van der Waals surface area contributed by atoms with Crippen LogP contribution in [0.1, 0.15) is 5.01 Å². The fourth-order valence-corrected chi connectivity index (χ4v) is 4.34. The van der Waals surface area contributed by atoms with Crippen molar-refractivity contribution in [1.29, 1.82) is 0 Å². The van der Waals surface area contributed by atoms with Gasteiger partial charge in [0.05, 0.1) is 12.3 Å². The molecule has 5 nitrogen and oxygen atoms in total. The fourth-order valence-electron chi connectivity index (χ4n) is 1.42. The number of hydrogen-bond donors (Lipinski definition) is 2. The van der Waals surface area contributed by atoms with Gasteiger partial charge in [-0.3, -0.25) is 0 Å². The molecule has 0 aliphatic rings. The summed E-state index contributed by atoms with van der Waals surface area (Å²) >= 11 is 2.92. The zero-order chi connectivity index (χ0) is 14.4. The number of anilines is 1. The van der Waals surface area contributed by atoms with E-state index in [4.69, 9.17) is 5.73 Å². The Kier molecular flexibility index (Phi) is 5.41. The number of thiazole rings is 1. The molecule has 1 aromatic carbocycles. The van der Waals surface area contributed by atoms with Gasteiger partial charge in [0.25, 0.3) is 0 Å². The van der Waals surface area contributed by atoms with Crippen molar-refractivity contribution >= 4 is 38.8 Å². The quantitative estimate of drug-likeness (QED) is 0.599. The number of hydrogen-bond acceptors (Lipinski definition) is 6. The smallest absolute Gasteiger partial charge is 0.212 e. The molecule has 3 N–H and O–H groups in total. The van der Waals surface area contributed by atoms with E-state index in [2.05, 4.69) is 9.71 Å². The third kappa shape index (κ3) is 5.12. The Morgan fingerprint density at radius 3 is 2.70 bits per heavy atom. The summed E-state index contributed by atoms with van der Waals surface area (Å²) in [6, 6.07) is 7.38. The van der Waals surface area contributed by atoms with E-state index >= 15 is 0 Å². The number of thioether (sulfide) groups is 1. The van der Waals surface area contributed by atoms with Gasteiger partial charge < -0.3 is 5.73 Å². The van der Waals surface area contributed by atoms with Crippen molar-refractivity contribution < 1.29 is 8.42 Å². The van der Waals surface area contributed by atoms with Gasteiger partial charge in [0, 0.05) is 27.9 Å². The minimum absolute atomic E-state index is 0.0768. The minimum Gasteiger partial charge on any atom is -0.399 e. The van der Waals surface area contributed by atoms with E-state index in [0.717, 1.165) is 9.90 Å². The number of aromatic nitrogens is 1. The molecule has 8 heteroatoms. The largest absolute Gasteiger partial charge is 0.399 e. The summed E-state index contributed by atoms with van der Waals surface area (Å²) in [4.78, 5) is 5.04. The first kappa shape index (κ1) is 15.3. The van der Waals surface area contributed by atoms with Crippen LogP contribution < -0.4 is 10.5 Å². The molecule has 0 bridgehead atoms. The second-order valence-corrected chi connectivity index (χ2v) is 8.06. The standard InChI is InChI=1S/C12H15N3O2S3/c13-10-1-3-11(4-2-10)18-7-8-20(16,17)15-9-12-14-5-6-19-12/h1-6,15H,7-9,13H2. The molecular weight excluding hydrogens is 314 g/mol. The monoisotopic (exact) mass is 329 g/mol. The molecular formula is C12H15N3O2S3. The summed E-state index contributed by atoms with van der Waals surface area (Å²) in [5.74, 6) is 0.574. The van der Waals surface area contributed by atoms with Crippen molar-refractivity contribution in [3.05, 3.63) is 40.8 Å². The SMILES string of the molecule is Nc1ccc(SCCS(=O)(=O)NCc2nccs2)cc1. The number of nitrogens with one attached hydrogen (secondary N) is 1. The second kappa shape index (κ2) is 7.07. The minimum atomic E-state index is -3.26. The van der Waals surface area contributed by atoms with Crippen molar-refractivity contribution in [2.75, 3.05) is 17.2 Å². The van der Waals surface area contributed by atoms with Gasteiger partial charge >= 0.3 is 0 Å². The third-order valence-corrected chi connectivity index (χ3v) is 5.81. The van der Waals surface area contributed by atoms with Crippen LogP contribution in [0.5, 0.6) is 0 Å². The molecule has 20 heavy (non-hydrogen) atoms. The highest BCUT2D eigenvalue weighted by atomic mass is 32.2. The summed E-state index contributed by atoms with van der Waals surface area (Å²) in [5.41, 5.74) is 6.29. The lowest BCUT2D eigenvalue weighted by Gasteiger charge is -2.05. The second-order valence-electron chi connectivity index (χ2n) is 3.98. The van der Waals surface area contributed by atoms with Gasteiger partial charge in [0.15, 0.2) is 0 Å². The third-order valence-electron chi connectivity index (χ3n) is 2.43. The zero-order valence-electron chi connectivity index (χ0n) is 10.7. The molecule has 2 aromatic rings. The lowest BCUT2D eigenvalue weighted by molar-refractivity contribution is 0.583. The number of rotatable bonds is 7. The van der Waals surface area contributed by atoms with Crippen LogP contribution in [0.2, 0.25) is 0 Å². The van der Waals surface area contributed by atoms with E-state index in [9.17, 15) is 8.42 Å². The number of nitrogen functional groups attached to an aromatic ring is 1. The van der Waals surface area contributed by atoms with Gasteiger partial charge in [0.1, 0.15) is 5.01 Å². The molecule has 0 spiro atoms. The highest BCUT2D eigenvalue weighted by molar-refractivity contribution is 8.00. The number of benzene rings is 1. The van der Waals surface area contributed by atoms with Gasteiger partial charge in [-0.05, 0) is 24.3 Å². The Labute approximate surface area is 126 Å². The summed E-state index contributed by atoms with van der Waals surface area (Å²) in [7, 11) is -3.26. The first-order chi connectivity index (χ1) is 9.55. The van der Waals surface area contributed by atoms with E-state index in [-0.39, 0.29) is 12.3 Å². The normalized spacial score (nSPS) is 11.6. The fraction of sp³-hybridized carbons (Fsp3) is 0.250. The Morgan fingerprint density at radius 1 is 1.30 bits per heavy atom. The Bertz CT molecular complexity index is 624. The number of sulfonamides is 1. The van der Waals surface area contributed by atoms with Crippen LogP contribution in [0.15, 0.2) is 40.7 Å². The first-order valence-electron chi connectivity index (χ1n) is 5.89. The number of nitrogens with two attached hydrogens (primary N) is 1. The van der Waals surface area contributed by atoms with Gasteiger partial charge in [-0.1, -0.05) is 0 Å². The molecule has 0 unspecified atom stereocenters. The Balaban J connectivity index is 1.76. The molecule has 1 aromatic heterocycles. The maximum Gasteiger partial charge on any atom is 0.212 e. The Morgan fingerprint density at radius 2 is 2.05 bits per heavy atom. The molecule has 0 amide bonds. The summed E-state index contributed by atoms with van der Waals surface area (Å²) < 4.78 is 26.1. The maximum atomic E-state index is 11.8. The van der Waals surface area contributed by atoms with Crippen LogP contribution in [0.25, 0.3) is 0 Å². The van der Waals surface area contributed by atoms with E-state index in [1.807, 2.05) is 17.5 Å². The molecule has 2 rings (SSSR count). The predicted octanol–water partition coefficient (Wildman–Crippen LogP) is 1.94. The van der Waals surface area contributed by atoms with Crippen LogP contribution in [0, 0.1) is 0 Å². The molecule has 0 radical (unpaired) electrons. The van der Waals surface area contributed by atoms with Gasteiger partial charge in [0.2, 0.25) is 10.0 Å². The maximum absolute atomic E-state index is 11.8. The van der Waals surface area contributed by atoms with Crippen molar-refractivity contribution in [3.8, 4) is 0 Å². The van der Waals surface area contributed by atoms with Crippen LogP contribution >= 0.6 is 23.1 Å². The number of nitrogens with zero attached hydrogens (tertiary/aromatic N) is 1. The van der Waals surface area contributed by atoms with Crippen LogP contribution in [0.3, 0.4) is 0 Å². The highest BCUT2D eigenvalue weighted by Gasteiger charge is 2.10. The van der Waals surface area contributed by atoms with Crippen molar-refractivity contribution in [2.24, 2.45) is 0 Å². The van der Waals surface area contributed by atoms with Crippen molar-refractivity contribution in [3.63, 3.8) is 0 Å². The molecule has 0 aliphatic carbocycles. The van der Waals surface area contributed by atoms with Gasteiger partial charge in [-0.25, -0.2) is 18.1 Å². The highest BCUT2D eigenvalue weighted by Crippen LogP contribution is 2.19. The lowest BCUT2D eigenvalue weighted by atomic mass is 10.3. The Hall–Kier alpha value is -1.09. The van der Waals surface area contributed by atoms with Crippen LogP contribution in [-0.2, 0) is 16.6 Å². The predicted molar refractivity (Wildman–Crippen MR) is 84.3 cm³/mol. The van der Waals surface area contributed by atoms with Gasteiger partial charge in [-0.15, -0.1) is 23.1 Å². The topological polar surface area (TPSA) is 85.1 Å². The molecule has 1 heterocycles. The van der Waals surface area contributed by atoms with E-state index in [1.54, 1.807) is 18.3 Å². The first-order valence-corrected chi connectivity index (χ1v) is 9.41. The van der Waals surface area contributed by atoms with Crippen molar-refractivity contribution in [2.45, 2.75) is 11.4 Å². The summed E-state index contributed by atoms with van der Waals surface area (Å²) in [6.45, 7) is 0.256. The van der Waals surface area contributed by atoms with E-state index < -0.39 is 10.0 Å². The van der Waals surface area contributed by atoms with Gasteiger partial charge in [-0.2, -0.15) is 0 Å². The zero-order valence-corrected chi connectivity index (χ0v) is 13.1. The van der Waals surface area contributed by atoms with Crippen LogP contribution in [-0.4, -0.2) is 24.9 Å². The average Bonchev–Trinajstić information content (AvgIpc) is 2.92. The lowest BCUT2D eigenvalue weighted by Crippen LogP contribution is -2.26. The molecule has 0 atom stereocenters. The molecule has 0 aliphatic heterocycles. The molecule has 108 valence electrons. The van der Waals surface area contributed by atoms with Crippen molar-refractivity contribution in [1.82, 2.24) is 9.71 Å². The van der Waals surface area contributed by atoms with E-state index in [1.165, 1.54) is 23.1 Å². The molecule has 0 fully saturated rings. The molecule has 0 saturated carbocycles. The summed E-state index contributed by atoms with van der Waals surface area (Å²) in [6.07, 6.45) is 1.66. The van der Waals surface area contributed by atoms with Crippen LogP contribution in [0.4, 0.5) is 5.69 Å².